The van der Waals surface area contributed by atoms with Crippen LogP contribution in [0.1, 0.15) is 0 Å². The van der Waals surface area contributed by atoms with Gasteiger partial charge in [-0.2, -0.15) is 0 Å². The van der Waals surface area contributed by atoms with E-state index in [4.69, 9.17) is 0 Å². The lowest BCUT2D eigenvalue weighted by molar-refractivity contribution is 0.159. The van der Waals surface area contributed by atoms with Gasteiger partial charge >= 0.3 is 0 Å². The van der Waals surface area contributed by atoms with Crippen molar-refractivity contribution in [2.75, 3.05) is 38.6 Å². The van der Waals surface area contributed by atoms with Crippen molar-refractivity contribution in [1.29, 1.82) is 0 Å². The summed E-state index contributed by atoms with van der Waals surface area (Å²) in [5, 5.41) is 0. The molecule has 0 unspecified atom stereocenters. The number of hydrogen-bond donors (Lipinski definition) is 1. The fourth-order valence-electron chi connectivity index (χ4n) is 1.32. The van der Waals surface area contributed by atoms with Crippen LogP contribution in [0.4, 0.5) is 0 Å². The van der Waals surface area contributed by atoms with Gasteiger partial charge in [0.05, 0.1) is 5.88 Å². The van der Waals surface area contributed by atoms with Gasteiger partial charge in [-0.3, -0.25) is 4.90 Å². The molecule has 0 bridgehead atoms. The van der Waals surface area contributed by atoms with Crippen LogP contribution in [-0.4, -0.2) is 56.8 Å². The van der Waals surface area contributed by atoms with E-state index in [1.54, 1.807) is 0 Å². The molecule has 1 rings (SSSR count). The van der Waals surface area contributed by atoms with Gasteiger partial charge in [0.15, 0.2) is 10.7 Å². The quantitative estimate of drug-likeness (QED) is 0.581. The summed E-state index contributed by atoms with van der Waals surface area (Å²) in [6.07, 6.45) is 0. The predicted octanol–water partition coefficient (Wildman–Crippen LogP) is -0.993. The second kappa shape index (κ2) is 4.79. The van der Waals surface area contributed by atoms with E-state index < -0.39 is 10.7 Å². The van der Waals surface area contributed by atoms with Gasteiger partial charge in [-0.1, -0.05) is 0 Å². The third kappa shape index (κ3) is 3.08. The molecule has 0 amide bonds. The molecule has 0 spiro atoms. The summed E-state index contributed by atoms with van der Waals surface area (Å²) in [6.45, 7) is 8.17. The SMILES string of the molecule is [CH2]CN1CCN(C[SH](=O)=O)CC1. The first-order valence-corrected chi connectivity index (χ1v) is 5.44. The highest BCUT2D eigenvalue weighted by molar-refractivity contribution is 7.72. The lowest BCUT2D eigenvalue weighted by Crippen LogP contribution is -2.46. The van der Waals surface area contributed by atoms with Crippen LogP contribution in [0.25, 0.3) is 0 Å². The molecule has 0 atom stereocenters. The molecular formula is C7H15N2O2S. The molecule has 4 nitrogen and oxygen atoms in total. The van der Waals surface area contributed by atoms with E-state index in [1.807, 2.05) is 4.90 Å². The third-order valence-electron chi connectivity index (χ3n) is 2.10. The van der Waals surface area contributed by atoms with Gasteiger partial charge in [-0.25, -0.2) is 8.42 Å². The van der Waals surface area contributed by atoms with Crippen LogP contribution in [0, 0.1) is 6.92 Å². The van der Waals surface area contributed by atoms with Gasteiger partial charge in [0.25, 0.3) is 0 Å². The molecule has 12 heavy (non-hydrogen) atoms. The van der Waals surface area contributed by atoms with Crippen LogP contribution in [0.15, 0.2) is 0 Å². The van der Waals surface area contributed by atoms with E-state index in [1.165, 1.54) is 0 Å². The monoisotopic (exact) mass is 191 g/mol. The highest BCUT2D eigenvalue weighted by Crippen LogP contribution is 1.99. The first-order valence-electron chi connectivity index (χ1n) is 4.08. The van der Waals surface area contributed by atoms with E-state index in [-0.39, 0.29) is 5.88 Å². The van der Waals surface area contributed by atoms with Gasteiger partial charge in [-0.05, 0) is 13.5 Å². The Morgan fingerprint density at radius 3 is 2.00 bits per heavy atom. The van der Waals surface area contributed by atoms with Gasteiger partial charge < -0.3 is 4.90 Å². The Morgan fingerprint density at radius 1 is 1.08 bits per heavy atom. The molecule has 71 valence electrons. The van der Waals surface area contributed by atoms with Crippen molar-refractivity contribution in [3.63, 3.8) is 0 Å². The lowest BCUT2D eigenvalue weighted by atomic mass is 10.3. The molecule has 1 aliphatic rings. The maximum absolute atomic E-state index is 10.4. The molecule has 0 aliphatic carbocycles. The summed E-state index contributed by atoms with van der Waals surface area (Å²) in [5.41, 5.74) is 0. The minimum absolute atomic E-state index is 0.209. The Balaban J connectivity index is 2.26. The topological polar surface area (TPSA) is 40.6 Å². The van der Waals surface area contributed by atoms with Crippen molar-refractivity contribution < 1.29 is 8.42 Å². The van der Waals surface area contributed by atoms with Crippen molar-refractivity contribution in [3.8, 4) is 0 Å². The molecular weight excluding hydrogens is 176 g/mol. The summed E-state index contributed by atoms with van der Waals surface area (Å²) < 4.78 is 20.8. The maximum atomic E-state index is 10.4. The normalized spacial score (nSPS) is 21.8. The first kappa shape index (κ1) is 9.95. The number of thiol groups is 1. The average molecular weight is 191 g/mol. The van der Waals surface area contributed by atoms with Crippen LogP contribution in [-0.2, 0) is 10.7 Å². The highest BCUT2D eigenvalue weighted by atomic mass is 32.2. The molecule has 0 aromatic rings. The Kier molecular flexibility index (Phi) is 3.97. The van der Waals surface area contributed by atoms with Crippen molar-refractivity contribution in [2.45, 2.75) is 0 Å². The van der Waals surface area contributed by atoms with Crippen LogP contribution in [0.3, 0.4) is 0 Å². The van der Waals surface area contributed by atoms with Crippen molar-refractivity contribution >= 4 is 10.7 Å². The number of rotatable bonds is 3. The zero-order chi connectivity index (χ0) is 8.97. The molecule has 1 fully saturated rings. The summed E-state index contributed by atoms with van der Waals surface area (Å²) in [7, 11) is -2.25. The summed E-state index contributed by atoms with van der Waals surface area (Å²) in [6, 6.07) is 0. The van der Waals surface area contributed by atoms with E-state index in [9.17, 15) is 8.42 Å². The van der Waals surface area contributed by atoms with E-state index >= 15 is 0 Å². The zero-order valence-corrected chi connectivity index (χ0v) is 8.00. The highest BCUT2D eigenvalue weighted by Gasteiger charge is 2.15. The van der Waals surface area contributed by atoms with E-state index in [2.05, 4.69) is 11.8 Å². The number of piperazine rings is 1. The molecule has 1 aliphatic heterocycles. The summed E-state index contributed by atoms with van der Waals surface area (Å²) in [5.74, 6) is 0.209. The third-order valence-corrected chi connectivity index (χ3v) is 2.73. The number of nitrogens with zero attached hydrogens (tertiary/aromatic N) is 2. The Morgan fingerprint density at radius 2 is 1.58 bits per heavy atom. The second-order valence-electron chi connectivity index (χ2n) is 2.93. The van der Waals surface area contributed by atoms with Crippen molar-refractivity contribution in [1.82, 2.24) is 9.80 Å². The number of hydrogen-bond acceptors (Lipinski definition) is 4. The van der Waals surface area contributed by atoms with Gasteiger partial charge in [-0.15, -0.1) is 0 Å². The van der Waals surface area contributed by atoms with Crippen LogP contribution in [0.5, 0.6) is 0 Å². The molecule has 0 aromatic carbocycles. The lowest BCUT2D eigenvalue weighted by Gasteiger charge is -2.32. The van der Waals surface area contributed by atoms with E-state index in [0.717, 1.165) is 32.7 Å². The zero-order valence-electron chi connectivity index (χ0n) is 7.11. The van der Waals surface area contributed by atoms with Crippen LogP contribution in [0.2, 0.25) is 0 Å². The van der Waals surface area contributed by atoms with Gasteiger partial charge in [0.1, 0.15) is 0 Å². The fraction of sp³-hybridized carbons (Fsp3) is 0.857. The minimum atomic E-state index is -2.25. The molecule has 1 heterocycles. The molecule has 1 radical (unpaired) electrons. The second-order valence-corrected chi connectivity index (χ2v) is 3.88. The molecule has 5 heteroatoms. The van der Waals surface area contributed by atoms with E-state index in [0.29, 0.717) is 0 Å². The van der Waals surface area contributed by atoms with Gasteiger partial charge in [0.2, 0.25) is 0 Å². The molecule has 1 saturated heterocycles. The summed E-state index contributed by atoms with van der Waals surface area (Å²) in [4.78, 5) is 4.17. The predicted molar refractivity (Wildman–Crippen MR) is 48.6 cm³/mol. The van der Waals surface area contributed by atoms with Crippen LogP contribution < -0.4 is 0 Å². The standard InChI is InChI=1S/C7H15N2O2S/c1-2-8-3-5-9(6-4-8)7-12(10)11/h12H,1-7H2. The van der Waals surface area contributed by atoms with Gasteiger partial charge in [0, 0.05) is 26.2 Å². The smallest absolute Gasteiger partial charge is 0.153 e. The Labute approximate surface area is 75.1 Å². The minimum Gasteiger partial charge on any atom is -0.301 e. The van der Waals surface area contributed by atoms with Crippen molar-refractivity contribution in [3.05, 3.63) is 6.92 Å². The van der Waals surface area contributed by atoms with Crippen molar-refractivity contribution in [2.24, 2.45) is 0 Å². The molecule has 0 aromatic heterocycles. The van der Waals surface area contributed by atoms with Crippen LogP contribution >= 0.6 is 0 Å². The average Bonchev–Trinajstić information content (AvgIpc) is 2.05. The molecule has 0 saturated carbocycles. The summed E-state index contributed by atoms with van der Waals surface area (Å²) >= 11 is 0. The Bertz CT molecular complexity index is 190. The fourth-order valence-corrected chi connectivity index (χ4v) is 1.93. The first-order chi connectivity index (χ1) is 5.72. The molecule has 0 N–H and O–H groups in total. The Hall–Kier alpha value is -0.130. The maximum Gasteiger partial charge on any atom is 0.153 e. The largest absolute Gasteiger partial charge is 0.301 e.